The van der Waals surface area contributed by atoms with Gasteiger partial charge < -0.3 is 9.64 Å². The Kier molecular flexibility index (Phi) is 6.37. The molecule has 0 bridgehead atoms. The third-order valence-electron chi connectivity index (χ3n) is 5.02. The van der Waals surface area contributed by atoms with Crippen LogP contribution in [0.1, 0.15) is 0 Å². The van der Waals surface area contributed by atoms with Crippen molar-refractivity contribution < 1.29 is 17.5 Å². The van der Waals surface area contributed by atoms with Crippen molar-refractivity contribution in [2.75, 3.05) is 27.2 Å². The summed E-state index contributed by atoms with van der Waals surface area (Å²) in [6, 6.07) is 19.5. The number of hydrogen-bond acceptors (Lipinski definition) is 4. The van der Waals surface area contributed by atoms with Crippen LogP contribution in [-0.4, -0.2) is 44.5 Å². The predicted molar refractivity (Wildman–Crippen MR) is 128 cm³/mol. The predicted octanol–water partition coefficient (Wildman–Crippen LogP) is 5.39. The summed E-state index contributed by atoms with van der Waals surface area (Å²) >= 11 is 3.49. The van der Waals surface area contributed by atoms with Crippen molar-refractivity contribution in [1.29, 1.82) is 0 Å². The van der Waals surface area contributed by atoms with Gasteiger partial charge >= 0.3 is 0 Å². The van der Waals surface area contributed by atoms with Gasteiger partial charge in [-0.15, -0.1) is 0 Å². The minimum Gasteiger partial charge on any atom is -0.489 e. The highest BCUT2D eigenvalue weighted by Crippen LogP contribution is 2.43. The monoisotopic (exact) mass is 516 g/mol. The smallest absolute Gasteiger partial charge is 0.268 e. The van der Waals surface area contributed by atoms with Gasteiger partial charge in [0.2, 0.25) is 0 Å². The van der Waals surface area contributed by atoms with Crippen LogP contribution in [0.5, 0.6) is 5.75 Å². The van der Waals surface area contributed by atoms with Gasteiger partial charge in [-0.2, -0.15) is 0 Å². The molecule has 0 amide bonds. The summed E-state index contributed by atoms with van der Waals surface area (Å²) in [5.41, 5.74) is 1.61. The molecule has 0 aliphatic heterocycles. The van der Waals surface area contributed by atoms with Crippen molar-refractivity contribution in [2.45, 2.75) is 4.90 Å². The van der Waals surface area contributed by atoms with E-state index >= 15 is 0 Å². The van der Waals surface area contributed by atoms with Crippen molar-refractivity contribution in [3.05, 3.63) is 83.1 Å². The molecular weight excluding hydrogens is 495 g/mol. The molecule has 0 radical (unpaired) electrons. The maximum atomic E-state index is 13.8. The van der Waals surface area contributed by atoms with E-state index in [0.29, 0.717) is 41.1 Å². The molecule has 0 atom stereocenters. The Morgan fingerprint density at radius 3 is 2.34 bits per heavy atom. The third kappa shape index (κ3) is 4.30. The van der Waals surface area contributed by atoms with Gasteiger partial charge in [0, 0.05) is 22.0 Å². The molecule has 3 aromatic carbocycles. The molecular formula is C24H22BrFN2O3S. The average molecular weight is 517 g/mol. The Morgan fingerprint density at radius 1 is 1.00 bits per heavy atom. The lowest BCUT2D eigenvalue weighted by Gasteiger charge is -2.15. The molecule has 5 nitrogen and oxygen atoms in total. The molecule has 0 spiro atoms. The first kappa shape index (κ1) is 22.5. The molecule has 8 heteroatoms. The van der Waals surface area contributed by atoms with E-state index in [4.69, 9.17) is 4.74 Å². The maximum Gasteiger partial charge on any atom is 0.268 e. The highest BCUT2D eigenvalue weighted by atomic mass is 79.9. The van der Waals surface area contributed by atoms with E-state index in [1.54, 1.807) is 12.1 Å². The fraction of sp³-hybridized carbons (Fsp3) is 0.167. The molecule has 4 aromatic rings. The average Bonchev–Trinajstić information content (AvgIpc) is 3.08. The zero-order chi connectivity index (χ0) is 22.9. The van der Waals surface area contributed by atoms with E-state index in [-0.39, 0.29) is 4.90 Å². The van der Waals surface area contributed by atoms with Crippen LogP contribution in [0.25, 0.3) is 22.2 Å². The number of rotatable bonds is 7. The van der Waals surface area contributed by atoms with Crippen molar-refractivity contribution in [3.8, 4) is 17.0 Å². The van der Waals surface area contributed by atoms with Crippen LogP contribution in [0.4, 0.5) is 4.39 Å². The van der Waals surface area contributed by atoms with Crippen LogP contribution in [-0.2, 0) is 10.0 Å². The van der Waals surface area contributed by atoms with Crippen LogP contribution >= 0.6 is 15.9 Å². The topological polar surface area (TPSA) is 51.5 Å². The molecule has 32 heavy (non-hydrogen) atoms. The third-order valence-corrected chi connectivity index (χ3v) is 7.25. The zero-order valence-electron chi connectivity index (χ0n) is 17.6. The second-order valence-electron chi connectivity index (χ2n) is 7.58. The van der Waals surface area contributed by atoms with Gasteiger partial charge in [0.25, 0.3) is 10.0 Å². The number of fused-ring (bicyclic) bond motifs is 1. The summed E-state index contributed by atoms with van der Waals surface area (Å²) in [5.74, 6) is -0.0127. The number of halogens is 2. The Balaban J connectivity index is 2.04. The number of likely N-dealkylation sites (N-methyl/N-ethyl adjacent to an activating group) is 1. The van der Waals surface area contributed by atoms with Crippen LogP contribution in [0.15, 0.2) is 82.2 Å². The van der Waals surface area contributed by atoms with E-state index < -0.39 is 15.8 Å². The maximum absolute atomic E-state index is 13.8. The zero-order valence-corrected chi connectivity index (χ0v) is 20.0. The fourth-order valence-corrected chi connectivity index (χ4v) is 5.39. The second-order valence-corrected chi connectivity index (χ2v) is 10.3. The van der Waals surface area contributed by atoms with Crippen LogP contribution in [0, 0.1) is 5.82 Å². The number of benzene rings is 3. The van der Waals surface area contributed by atoms with Crippen molar-refractivity contribution in [2.24, 2.45) is 0 Å². The van der Waals surface area contributed by atoms with E-state index in [1.165, 1.54) is 16.1 Å². The molecule has 166 valence electrons. The van der Waals surface area contributed by atoms with E-state index in [9.17, 15) is 12.8 Å². The SMILES string of the molecule is CN(C)CCOc1c(-c2ccccc2)n(S(=O)(=O)c2ccc(F)cc2)c2ccc(Br)cc12. The Bertz CT molecular complexity index is 1350. The van der Waals surface area contributed by atoms with Gasteiger partial charge in [-0.05, 0) is 56.6 Å². The number of nitrogens with zero attached hydrogens (tertiary/aromatic N) is 2. The molecule has 0 N–H and O–H groups in total. The molecule has 0 aliphatic carbocycles. The fourth-order valence-electron chi connectivity index (χ4n) is 3.49. The molecule has 0 unspecified atom stereocenters. The normalized spacial score (nSPS) is 11.9. The lowest BCUT2D eigenvalue weighted by Crippen LogP contribution is -2.19. The summed E-state index contributed by atoms with van der Waals surface area (Å²) in [6.45, 7) is 1.05. The van der Waals surface area contributed by atoms with Crippen molar-refractivity contribution in [1.82, 2.24) is 8.87 Å². The Labute approximate surface area is 195 Å². The molecule has 0 saturated carbocycles. The Hall–Kier alpha value is -2.68. The highest BCUT2D eigenvalue weighted by molar-refractivity contribution is 9.10. The standard InChI is InChI=1S/C24H22BrFN2O3S/c1-27(2)14-15-31-24-21-16-18(25)8-13-22(21)28(23(24)17-6-4-3-5-7-17)32(29,30)20-11-9-19(26)10-12-20/h3-13,16H,14-15H2,1-2H3. The Morgan fingerprint density at radius 2 is 1.69 bits per heavy atom. The summed E-state index contributed by atoms with van der Waals surface area (Å²) in [6.07, 6.45) is 0. The molecule has 0 fully saturated rings. The minimum absolute atomic E-state index is 0.00394. The largest absolute Gasteiger partial charge is 0.489 e. The molecule has 4 rings (SSSR count). The van der Waals surface area contributed by atoms with E-state index in [2.05, 4.69) is 15.9 Å². The van der Waals surface area contributed by atoms with Gasteiger partial charge in [-0.3, -0.25) is 0 Å². The number of ether oxygens (including phenoxy) is 1. The minimum atomic E-state index is -4.05. The first-order valence-corrected chi connectivity index (χ1v) is 12.2. The van der Waals surface area contributed by atoms with Crippen molar-refractivity contribution >= 4 is 36.9 Å². The highest BCUT2D eigenvalue weighted by Gasteiger charge is 2.29. The summed E-state index contributed by atoms with van der Waals surface area (Å²) in [4.78, 5) is 1.99. The van der Waals surface area contributed by atoms with Gasteiger partial charge in [0.15, 0.2) is 5.75 Å². The summed E-state index contributed by atoms with van der Waals surface area (Å²) < 4.78 is 49.4. The van der Waals surface area contributed by atoms with E-state index in [0.717, 1.165) is 16.6 Å². The quantitative estimate of drug-likeness (QED) is 0.330. The van der Waals surface area contributed by atoms with Gasteiger partial charge in [0.05, 0.1) is 10.4 Å². The van der Waals surface area contributed by atoms with Crippen LogP contribution in [0.2, 0.25) is 0 Å². The van der Waals surface area contributed by atoms with E-state index in [1.807, 2.05) is 55.4 Å². The number of hydrogen-bond donors (Lipinski definition) is 0. The molecule has 1 aromatic heterocycles. The number of aromatic nitrogens is 1. The first-order valence-electron chi connectivity index (χ1n) is 9.97. The van der Waals surface area contributed by atoms with Crippen molar-refractivity contribution in [3.63, 3.8) is 0 Å². The summed E-state index contributed by atoms with van der Waals surface area (Å²) in [7, 11) is -0.161. The first-order chi connectivity index (χ1) is 15.3. The lowest BCUT2D eigenvalue weighted by molar-refractivity contribution is 0.264. The van der Waals surface area contributed by atoms with Gasteiger partial charge in [-0.1, -0.05) is 46.3 Å². The second kappa shape index (κ2) is 9.05. The van der Waals surface area contributed by atoms with Crippen LogP contribution < -0.4 is 4.74 Å². The van der Waals surface area contributed by atoms with Gasteiger partial charge in [0.1, 0.15) is 18.1 Å². The van der Waals surface area contributed by atoms with Crippen LogP contribution in [0.3, 0.4) is 0 Å². The molecule has 0 aliphatic rings. The lowest BCUT2D eigenvalue weighted by atomic mass is 10.1. The molecule has 0 saturated heterocycles. The molecule has 1 heterocycles. The van der Waals surface area contributed by atoms with Gasteiger partial charge in [-0.25, -0.2) is 16.8 Å². The summed E-state index contributed by atoms with van der Waals surface area (Å²) in [5, 5.41) is 0.669.